The number of nitrogens with zero attached hydrogens (tertiary/aromatic N) is 2. The van der Waals surface area contributed by atoms with E-state index in [0.29, 0.717) is 0 Å². The lowest BCUT2D eigenvalue weighted by molar-refractivity contribution is 0.660. The van der Waals surface area contributed by atoms with Gasteiger partial charge in [0.2, 0.25) is 0 Å². The molecule has 0 unspecified atom stereocenters. The summed E-state index contributed by atoms with van der Waals surface area (Å²) >= 11 is 0. The lowest BCUT2D eigenvalue weighted by Gasteiger charge is -2.22. The molecule has 0 amide bonds. The number of aromatic nitrogens is 2. The zero-order valence-electron chi connectivity index (χ0n) is 33.3. The van der Waals surface area contributed by atoms with Crippen LogP contribution >= 0.6 is 0 Å². The Morgan fingerprint density at radius 2 is 0.917 bits per heavy atom. The highest BCUT2D eigenvalue weighted by Gasteiger charge is 2.35. The zero-order chi connectivity index (χ0) is 39.7. The Morgan fingerprint density at radius 1 is 0.350 bits per heavy atom. The summed E-state index contributed by atoms with van der Waals surface area (Å²) in [6.45, 7) is 4.70. The highest BCUT2D eigenvalue weighted by atomic mass is 16.3. The van der Waals surface area contributed by atoms with Crippen molar-refractivity contribution in [1.29, 1.82) is 0 Å². The van der Waals surface area contributed by atoms with Gasteiger partial charge >= 0.3 is 0 Å². The summed E-state index contributed by atoms with van der Waals surface area (Å²) in [7, 11) is 0. The van der Waals surface area contributed by atoms with Gasteiger partial charge in [-0.25, -0.2) is 0 Å². The Morgan fingerprint density at radius 3 is 1.68 bits per heavy atom. The van der Waals surface area contributed by atoms with E-state index in [9.17, 15) is 0 Å². The van der Waals surface area contributed by atoms with Crippen molar-refractivity contribution in [3.63, 3.8) is 0 Å². The van der Waals surface area contributed by atoms with Crippen molar-refractivity contribution in [2.45, 2.75) is 19.3 Å². The molecule has 0 saturated heterocycles. The Bertz CT molecular complexity index is 3740. The van der Waals surface area contributed by atoms with Gasteiger partial charge in [-0.2, -0.15) is 0 Å². The van der Waals surface area contributed by atoms with Crippen LogP contribution in [0.15, 0.2) is 199 Å². The maximum Gasteiger partial charge on any atom is 0.135 e. The molecule has 0 radical (unpaired) electrons. The predicted molar refractivity (Wildman–Crippen MR) is 251 cm³/mol. The van der Waals surface area contributed by atoms with E-state index in [4.69, 9.17) is 4.42 Å². The lowest BCUT2D eigenvalue weighted by atomic mass is 9.81. The molecule has 9 aromatic carbocycles. The summed E-state index contributed by atoms with van der Waals surface area (Å²) in [5.74, 6) is 0. The summed E-state index contributed by atoms with van der Waals surface area (Å²) in [6.07, 6.45) is 0. The van der Waals surface area contributed by atoms with Crippen molar-refractivity contribution in [2.24, 2.45) is 0 Å². The van der Waals surface area contributed by atoms with E-state index in [1.807, 2.05) is 12.1 Å². The molecule has 0 bridgehead atoms. The fourth-order valence-electron chi connectivity index (χ4n) is 10.5. The van der Waals surface area contributed by atoms with Crippen LogP contribution in [-0.4, -0.2) is 9.13 Å². The molecule has 13 rings (SSSR count). The number of furan rings is 1. The van der Waals surface area contributed by atoms with Crippen LogP contribution in [-0.2, 0) is 5.41 Å². The smallest absolute Gasteiger partial charge is 0.135 e. The van der Waals surface area contributed by atoms with E-state index >= 15 is 0 Å². The van der Waals surface area contributed by atoms with Crippen LogP contribution in [0.4, 0.5) is 0 Å². The van der Waals surface area contributed by atoms with E-state index < -0.39 is 0 Å². The normalized spacial score (nSPS) is 13.3. The van der Waals surface area contributed by atoms with Crippen molar-refractivity contribution in [3.05, 3.63) is 205 Å². The first kappa shape index (κ1) is 33.4. The quantitative estimate of drug-likeness (QED) is 0.175. The fraction of sp³-hybridized carbons (Fsp3) is 0.0526. The first-order valence-corrected chi connectivity index (χ1v) is 20.8. The lowest BCUT2D eigenvalue weighted by Crippen LogP contribution is -2.14. The van der Waals surface area contributed by atoms with Crippen LogP contribution in [0, 0.1) is 0 Å². The topological polar surface area (TPSA) is 23.0 Å². The molecule has 0 saturated carbocycles. The number of benzene rings is 9. The SMILES string of the molecule is CC1(C)c2ccccc2-c2ccc(-c3ccc(-n4c5ccccc5c5c6c7ccccc7n(-c7cccc(-c8ccc9oc%10ccccc%10c9c8)c7)c6ccc54)cc3)cc21. The molecule has 282 valence electrons. The molecule has 3 aromatic heterocycles. The average molecular weight is 767 g/mol. The number of rotatable bonds is 4. The summed E-state index contributed by atoms with van der Waals surface area (Å²) in [5.41, 5.74) is 19.2. The molecule has 0 atom stereocenters. The second-order valence-electron chi connectivity index (χ2n) is 16.9. The number of hydrogen-bond donors (Lipinski definition) is 0. The van der Waals surface area contributed by atoms with E-state index in [0.717, 1.165) is 33.3 Å². The predicted octanol–water partition coefficient (Wildman–Crippen LogP) is 15.4. The average Bonchev–Trinajstić information content (AvgIpc) is 4.01. The van der Waals surface area contributed by atoms with E-state index in [-0.39, 0.29) is 5.41 Å². The first-order valence-electron chi connectivity index (χ1n) is 20.8. The molecular formula is C57H38N2O. The molecule has 0 N–H and O–H groups in total. The maximum atomic E-state index is 6.16. The van der Waals surface area contributed by atoms with Crippen LogP contribution < -0.4 is 0 Å². The van der Waals surface area contributed by atoms with Gasteiger partial charge in [-0.1, -0.05) is 135 Å². The van der Waals surface area contributed by atoms with E-state index in [1.165, 1.54) is 88.1 Å². The van der Waals surface area contributed by atoms with Gasteiger partial charge in [-0.15, -0.1) is 0 Å². The van der Waals surface area contributed by atoms with Crippen LogP contribution in [0.25, 0.3) is 110 Å². The third-order valence-corrected chi connectivity index (χ3v) is 13.3. The second-order valence-corrected chi connectivity index (χ2v) is 16.9. The highest BCUT2D eigenvalue weighted by Crippen LogP contribution is 2.50. The van der Waals surface area contributed by atoms with Gasteiger partial charge in [-0.05, 0) is 117 Å². The summed E-state index contributed by atoms with van der Waals surface area (Å²) in [4.78, 5) is 0. The highest BCUT2D eigenvalue weighted by molar-refractivity contribution is 6.29. The molecule has 60 heavy (non-hydrogen) atoms. The van der Waals surface area contributed by atoms with Crippen molar-refractivity contribution in [3.8, 4) is 44.8 Å². The van der Waals surface area contributed by atoms with E-state index in [2.05, 4.69) is 205 Å². The largest absolute Gasteiger partial charge is 0.456 e. The molecule has 3 heteroatoms. The molecule has 0 fully saturated rings. The van der Waals surface area contributed by atoms with Crippen LogP contribution in [0.5, 0.6) is 0 Å². The molecular weight excluding hydrogens is 729 g/mol. The van der Waals surface area contributed by atoms with Gasteiger partial charge in [0, 0.05) is 49.1 Å². The van der Waals surface area contributed by atoms with Gasteiger partial charge in [-0.3, -0.25) is 0 Å². The van der Waals surface area contributed by atoms with Crippen LogP contribution in [0.2, 0.25) is 0 Å². The standard InChI is InChI=1S/C57H38N2O/c1-57(2)47-18-7-3-14-41(47)42-28-24-38(34-48(42)57)35-22-26-39(27-23-35)58-49-19-8-4-16-44(49)55-51(58)29-30-52-56(55)45-17-5-9-20-50(45)59(52)40-13-11-12-36(32-40)37-25-31-54-46(33-37)43-15-6-10-21-53(43)60-54/h3-34H,1-2H3. The third-order valence-electron chi connectivity index (χ3n) is 13.3. The second kappa shape index (κ2) is 12.2. The third kappa shape index (κ3) is 4.60. The van der Waals surface area contributed by atoms with Gasteiger partial charge in [0.15, 0.2) is 0 Å². The molecule has 1 aliphatic carbocycles. The summed E-state index contributed by atoms with van der Waals surface area (Å²) in [5, 5.41) is 7.32. The van der Waals surface area contributed by atoms with Crippen molar-refractivity contribution >= 4 is 65.6 Å². The van der Waals surface area contributed by atoms with Crippen LogP contribution in [0.3, 0.4) is 0 Å². The van der Waals surface area contributed by atoms with E-state index in [1.54, 1.807) is 0 Å². The monoisotopic (exact) mass is 766 g/mol. The van der Waals surface area contributed by atoms with Crippen molar-refractivity contribution in [2.75, 3.05) is 0 Å². The van der Waals surface area contributed by atoms with Gasteiger partial charge < -0.3 is 13.6 Å². The Balaban J connectivity index is 0.953. The number of hydrogen-bond acceptors (Lipinski definition) is 1. The Hall–Kier alpha value is -7.62. The minimum atomic E-state index is -0.0344. The molecule has 0 aliphatic heterocycles. The van der Waals surface area contributed by atoms with Crippen molar-refractivity contribution < 1.29 is 4.42 Å². The number of para-hydroxylation sites is 3. The van der Waals surface area contributed by atoms with Gasteiger partial charge in [0.05, 0.1) is 22.1 Å². The fourth-order valence-corrected chi connectivity index (χ4v) is 10.5. The summed E-state index contributed by atoms with van der Waals surface area (Å²) < 4.78 is 11.0. The Labute approximate surface area is 347 Å². The summed E-state index contributed by atoms with van der Waals surface area (Å²) in [6, 6.07) is 71.2. The van der Waals surface area contributed by atoms with Crippen molar-refractivity contribution in [1.82, 2.24) is 9.13 Å². The van der Waals surface area contributed by atoms with Gasteiger partial charge in [0.25, 0.3) is 0 Å². The van der Waals surface area contributed by atoms with Crippen LogP contribution in [0.1, 0.15) is 25.0 Å². The number of fused-ring (bicyclic) bond motifs is 13. The minimum absolute atomic E-state index is 0.0344. The molecule has 12 aromatic rings. The molecule has 3 nitrogen and oxygen atoms in total. The maximum absolute atomic E-state index is 6.16. The molecule has 0 spiro atoms. The first-order chi connectivity index (χ1) is 29.5. The zero-order valence-corrected chi connectivity index (χ0v) is 33.3. The Kier molecular flexibility index (Phi) is 6.78. The molecule has 3 heterocycles. The minimum Gasteiger partial charge on any atom is -0.456 e. The molecule has 1 aliphatic rings. The van der Waals surface area contributed by atoms with Gasteiger partial charge in [0.1, 0.15) is 11.2 Å².